The zero-order valence-electron chi connectivity index (χ0n) is 12.8. The molecule has 1 heterocycles. The molecule has 0 bridgehead atoms. The number of benzene rings is 1. The van der Waals surface area contributed by atoms with E-state index in [-0.39, 0.29) is 6.04 Å². The fourth-order valence-corrected chi connectivity index (χ4v) is 2.55. The zero-order valence-corrected chi connectivity index (χ0v) is 12.8. The Balaban J connectivity index is 2.26. The van der Waals surface area contributed by atoms with Crippen molar-refractivity contribution in [1.29, 1.82) is 0 Å². The maximum atomic E-state index is 4.43. The van der Waals surface area contributed by atoms with Crippen LogP contribution < -0.4 is 5.32 Å². The molecule has 4 heteroatoms. The van der Waals surface area contributed by atoms with Gasteiger partial charge in [-0.15, -0.1) is 0 Å². The SMILES string of the molecule is CCNC(Cc1ncnn1C(C)C)c1ccccc1C. The highest BCUT2D eigenvalue weighted by molar-refractivity contribution is 5.29. The number of aromatic nitrogens is 3. The lowest BCUT2D eigenvalue weighted by molar-refractivity contribution is 0.468. The summed E-state index contributed by atoms with van der Waals surface area (Å²) in [4.78, 5) is 4.43. The van der Waals surface area contributed by atoms with Gasteiger partial charge in [0.25, 0.3) is 0 Å². The van der Waals surface area contributed by atoms with Crippen LogP contribution in [0.4, 0.5) is 0 Å². The van der Waals surface area contributed by atoms with Crippen molar-refractivity contribution >= 4 is 0 Å². The van der Waals surface area contributed by atoms with Crippen LogP contribution in [0.3, 0.4) is 0 Å². The standard InChI is InChI=1S/C16H24N4/c1-5-17-15(14-9-7-6-8-13(14)4)10-16-18-11-19-20(16)12(2)3/h6-9,11-12,15,17H,5,10H2,1-4H3. The number of likely N-dealkylation sites (N-methyl/N-ethyl adjacent to an activating group) is 1. The second-order valence-electron chi connectivity index (χ2n) is 5.39. The highest BCUT2D eigenvalue weighted by Crippen LogP contribution is 2.21. The third-order valence-electron chi connectivity index (χ3n) is 3.54. The van der Waals surface area contributed by atoms with Gasteiger partial charge in [0.15, 0.2) is 0 Å². The van der Waals surface area contributed by atoms with Crippen molar-refractivity contribution < 1.29 is 0 Å². The largest absolute Gasteiger partial charge is 0.310 e. The molecule has 108 valence electrons. The molecule has 0 saturated carbocycles. The molecule has 4 nitrogen and oxygen atoms in total. The number of nitrogens with zero attached hydrogens (tertiary/aromatic N) is 3. The number of hydrogen-bond donors (Lipinski definition) is 1. The van der Waals surface area contributed by atoms with E-state index in [0.29, 0.717) is 6.04 Å². The van der Waals surface area contributed by atoms with Crippen LogP contribution in [0.2, 0.25) is 0 Å². The van der Waals surface area contributed by atoms with E-state index in [9.17, 15) is 0 Å². The number of hydrogen-bond acceptors (Lipinski definition) is 3. The smallest absolute Gasteiger partial charge is 0.138 e. The summed E-state index contributed by atoms with van der Waals surface area (Å²) in [5.41, 5.74) is 2.65. The molecule has 0 fully saturated rings. The second-order valence-corrected chi connectivity index (χ2v) is 5.39. The molecule has 1 unspecified atom stereocenters. The van der Waals surface area contributed by atoms with E-state index in [1.54, 1.807) is 6.33 Å². The molecular weight excluding hydrogens is 248 g/mol. The summed E-state index contributed by atoms with van der Waals surface area (Å²) in [7, 11) is 0. The first-order valence-electron chi connectivity index (χ1n) is 7.30. The van der Waals surface area contributed by atoms with Crippen LogP contribution in [0.25, 0.3) is 0 Å². The molecule has 0 aliphatic carbocycles. The maximum absolute atomic E-state index is 4.43. The Labute approximate surface area is 121 Å². The van der Waals surface area contributed by atoms with Crippen molar-refractivity contribution in [1.82, 2.24) is 20.1 Å². The lowest BCUT2D eigenvalue weighted by Gasteiger charge is -2.21. The Kier molecular flexibility index (Phi) is 4.90. The molecule has 2 aromatic rings. The van der Waals surface area contributed by atoms with E-state index in [1.165, 1.54) is 11.1 Å². The molecule has 0 saturated heterocycles. The van der Waals surface area contributed by atoms with Crippen LogP contribution in [0.5, 0.6) is 0 Å². The summed E-state index contributed by atoms with van der Waals surface area (Å²) in [5.74, 6) is 1.04. The summed E-state index contributed by atoms with van der Waals surface area (Å²) >= 11 is 0. The van der Waals surface area contributed by atoms with Gasteiger partial charge >= 0.3 is 0 Å². The first kappa shape index (κ1) is 14.7. The highest BCUT2D eigenvalue weighted by Gasteiger charge is 2.17. The quantitative estimate of drug-likeness (QED) is 0.879. The van der Waals surface area contributed by atoms with Crippen molar-refractivity contribution in [3.63, 3.8) is 0 Å². The fraction of sp³-hybridized carbons (Fsp3) is 0.500. The molecule has 0 aliphatic rings. The Hall–Kier alpha value is -1.68. The third-order valence-corrected chi connectivity index (χ3v) is 3.54. The number of rotatable bonds is 6. The maximum Gasteiger partial charge on any atom is 0.138 e. The molecule has 0 amide bonds. The summed E-state index contributed by atoms with van der Waals surface area (Å²) in [5, 5.41) is 7.89. The number of aryl methyl sites for hydroxylation is 1. The molecule has 2 rings (SSSR count). The average molecular weight is 272 g/mol. The van der Waals surface area contributed by atoms with Crippen molar-refractivity contribution in [2.75, 3.05) is 6.54 Å². The summed E-state index contributed by atoms with van der Waals surface area (Å²) in [6.45, 7) is 9.50. The van der Waals surface area contributed by atoms with Crippen LogP contribution in [-0.4, -0.2) is 21.3 Å². The average Bonchev–Trinajstić information content (AvgIpc) is 2.87. The molecule has 0 spiro atoms. The van der Waals surface area contributed by atoms with E-state index in [0.717, 1.165) is 18.8 Å². The first-order valence-corrected chi connectivity index (χ1v) is 7.30. The van der Waals surface area contributed by atoms with E-state index in [1.807, 2.05) is 4.68 Å². The van der Waals surface area contributed by atoms with Crippen molar-refractivity contribution in [3.8, 4) is 0 Å². The minimum atomic E-state index is 0.280. The minimum Gasteiger partial charge on any atom is -0.310 e. The van der Waals surface area contributed by atoms with Gasteiger partial charge in [0.05, 0.1) is 0 Å². The first-order chi connectivity index (χ1) is 9.63. The molecule has 1 N–H and O–H groups in total. The molecule has 20 heavy (non-hydrogen) atoms. The predicted molar refractivity (Wildman–Crippen MR) is 81.7 cm³/mol. The lowest BCUT2D eigenvalue weighted by Crippen LogP contribution is -2.25. The molecule has 0 radical (unpaired) electrons. The van der Waals surface area contributed by atoms with E-state index < -0.39 is 0 Å². The van der Waals surface area contributed by atoms with Gasteiger partial charge in [0, 0.05) is 18.5 Å². The monoisotopic (exact) mass is 272 g/mol. The van der Waals surface area contributed by atoms with Gasteiger partial charge in [-0.25, -0.2) is 9.67 Å². The van der Waals surface area contributed by atoms with Gasteiger partial charge in [-0.3, -0.25) is 0 Å². The molecule has 1 aromatic carbocycles. The Bertz CT molecular complexity index is 545. The van der Waals surface area contributed by atoms with Gasteiger partial charge in [-0.05, 0) is 38.4 Å². The van der Waals surface area contributed by atoms with Gasteiger partial charge in [0.2, 0.25) is 0 Å². The van der Waals surface area contributed by atoms with Crippen LogP contribution in [0.1, 0.15) is 49.8 Å². The summed E-state index contributed by atoms with van der Waals surface area (Å²) in [6.07, 6.45) is 2.51. The van der Waals surface area contributed by atoms with Crippen LogP contribution in [0, 0.1) is 6.92 Å². The highest BCUT2D eigenvalue weighted by atomic mass is 15.3. The normalized spacial score (nSPS) is 12.8. The van der Waals surface area contributed by atoms with E-state index in [4.69, 9.17) is 0 Å². The van der Waals surface area contributed by atoms with Crippen LogP contribution in [-0.2, 0) is 6.42 Å². The van der Waals surface area contributed by atoms with Crippen molar-refractivity contribution in [3.05, 3.63) is 47.5 Å². The Morgan fingerprint density at radius 3 is 2.65 bits per heavy atom. The van der Waals surface area contributed by atoms with Gasteiger partial charge in [0.1, 0.15) is 12.2 Å². The molecule has 1 atom stereocenters. The fourth-order valence-electron chi connectivity index (χ4n) is 2.55. The molecule has 0 aliphatic heterocycles. The van der Waals surface area contributed by atoms with E-state index in [2.05, 4.69) is 67.4 Å². The lowest BCUT2D eigenvalue weighted by atomic mass is 9.98. The Morgan fingerprint density at radius 2 is 2.00 bits per heavy atom. The topological polar surface area (TPSA) is 42.7 Å². The third kappa shape index (κ3) is 3.25. The molecule has 1 aromatic heterocycles. The summed E-state index contributed by atoms with van der Waals surface area (Å²) in [6, 6.07) is 9.15. The molecular formula is C16H24N4. The second kappa shape index (κ2) is 6.66. The van der Waals surface area contributed by atoms with Crippen LogP contribution in [0.15, 0.2) is 30.6 Å². The van der Waals surface area contributed by atoms with Gasteiger partial charge in [-0.1, -0.05) is 31.2 Å². The van der Waals surface area contributed by atoms with Gasteiger partial charge in [-0.2, -0.15) is 5.10 Å². The zero-order chi connectivity index (χ0) is 14.5. The number of nitrogens with one attached hydrogen (secondary N) is 1. The van der Waals surface area contributed by atoms with Crippen molar-refractivity contribution in [2.24, 2.45) is 0 Å². The Morgan fingerprint density at radius 1 is 1.25 bits per heavy atom. The minimum absolute atomic E-state index is 0.280. The van der Waals surface area contributed by atoms with E-state index >= 15 is 0 Å². The van der Waals surface area contributed by atoms with Crippen molar-refractivity contribution in [2.45, 2.75) is 46.2 Å². The summed E-state index contributed by atoms with van der Waals surface area (Å²) < 4.78 is 2.00. The van der Waals surface area contributed by atoms with Gasteiger partial charge < -0.3 is 5.32 Å². The predicted octanol–water partition coefficient (Wildman–Crippen LogP) is 3.06. The van der Waals surface area contributed by atoms with Crippen LogP contribution >= 0.6 is 0 Å².